The molecule has 6 heteroatoms. The van der Waals surface area contributed by atoms with E-state index in [1.54, 1.807) is 0 Å². The van der Waals surface area contributed by atoms with Crippen LogP contribution in [0.2, 0.25) is 0 Å². The Balaban J connectivity index is 1.72. The zero-order valence-corrected chi connectivity index (χ0v) is 11.8. The van der Waals surface area contributed by atoms with Crippen LogP contribution in [0, 0.1) is 0 Å². The molecule has 1 aromatic rings. The van der Waals surface area contributed by atoms with Crippen LogP contribution >= 0.6 is 0 Å². The second-order valence-corrected chi connectivity index (χ2v) is 5.79. The zero-order valence-electron chi connectivity index (χ0n) is 11.8. The van der Waals surface area contributed by atoms with Crippen molar-refractivity contribution in [1.82, 2.24) is 25.3 Å². The first kappa shape index (κ1) is 13.0. The van der Waals surface area contributed by atoms with Crippen molar-refractivity contribution in [3.05, 3.63) is 11.7 Å². The molecule has 1 aromatic heterocycles. The lowest BCUT2D eigenvalue weighted by molar-refractivity contribution is 0.108. The topological polar surface area (TPSA) is 57.4 Å². The van der Waals surface area contributed by atoms with Gasteiger partial charge in [-0.3, -0.25) is 4.90 Å². The Morgan fingerprint density at radius 3 is 3.00 bits per heavy atom. The molecule has 0 bridgehead atoms. The van der Waals surface area contributed by atoms with E-state index in [0.29, 0.717) is 5.92 Å². The maximum atomic E-state index is 5.49. The van der Waals surface area contributed by atoms with E-state index in [2.05, 4.69) is 39.4 Å². The second-order valence-electron chi connectivity index (χ2n) is 5.79. The highest BCUT2D eigenvalue weighted by Gasteiger charge is 2.29. The maximum absolute atomic E-state index is 5.49. The van der Waals surface area contributed by atoms with Gasteiger partial charge >= 0.3 is 0 Å². The predicted molar refractivity (Wildman–Crippen MR) is 72.0 cm³/mol. The highest BCUT2D eigenvalue weighted by Crippen LogP contribution is 2.25. The number of piperazine rings is 1. The minimum Gasteiger partial charge on any atom is -0.339 e. The summed E-state index contributed by atoms with van der Waals surface area (Å²) in [6.07, 6.45) is 2.34. The van der Waals surface area contributed by atoms with Crippen LogP contribution in [-0.2, 0) is 0 Å². The van der Waals surface area contributed by atoms with Gasteiger partial charge < -0.3 is 14.7 Å². The number of hydrogen-bond donors (Lipinski definition) is 1. The predicted octanol–water partition coefficient (Wildman–Crippen LogP) is 0.455. The first-order valence-corrected chi connectivity index (χ1v) is 7.17. The minimum absolute atomic E-state index is 0.257. The van der Waals surface area contributed by atoms with Gasteiger partial charge in [0.05, 0.1) is 12.0 Å². The van der Waals surface area contributed by atoms with Crippen molar-refractivity contribution >= 4 is 0 Å². The van der Waals surface area contributed by atoms with Gasteiger partial charge in [0, 0.05) is 26.2 Å². The summed E-state index contributed by atoms with van der Waals surface area (Å²) in [5.74, 6) is 2.04. The Hall–Kier alpha value is -0.980. The highest BCUT2D eigenvalue weighted by molar-refractivity contribution is 5.02. The third-order valence-electron chi connectivity index (χ3n) is 4.25. The van der Waals surface area contributed by atoms with Gasteiger partial charge in [0.25, 0.3) is 0 Å². The van der Waals surface area contributed by atoms with Crippen LogP contribution in [0.15, 0.2) is 4.52 Å². The van der Waals surface area contributed by atoms with Gasteiger partial charge in [-0.1, -0.05) is 5.16 Å². The highest BCUT2D eigenvalue weighted by atomic mass is 16.5. The Labute approximate surface area is 114 Å². The third kappa shape index (κ3) is 2.80. The minimum atomic E-state index is 0.257. The first-order chi connectivity index (χ1) is 9.24. The molecular weight excluding hydrogens is 242 g/mol. The standard InChI is InChI=1S/C13H23N5O/c1-17-6-7-18(2)11(9-17)12-15-13(19-16-12)10-4-3-5-14-8-10/h10-11,14H,3-9H2,1-2H3/t10-,11?/m1/s1. The summed E-state index contributed by atoms with van der Waals surface area (Å²) in [7, 11) is 4.28. The molecule has 3 rings (SSSR count). The molecule has 0 aromatic carbocycles. The molecule has 3 heterocycles. The van der Waals surface area contributed by atoms with E-state index in [1.807, 2.05) is 0 Å². The van der Waals surface area contributed by atoms with Crippen molar-refractivity contribution in [2.24, 2.45) is 0 Å². The normalized spacial score (nSPS) is 30.6. The molecule has 0 spiro atoms. The van der Waals surface area contributed by atoms with E-state index >= 15 is 0 Å². The van der Waals surface area contributed by atoms with Gasteiger partial charge in [-0.25, -0.2) is 0 Å². The van der Waals surface area contributed by atoms with Crippen molar-refractivity contribution < 1.29 is 4.52 Å². The molecule has 0 radical (unpaired) electrons. The molecule has 1 N–H and O–H groups in total. The van der Waals surface area contributed by atoms with Crippen molar-refractivity contribution in [2.45, 2.75) is 24.8 Å². The fourth-order valence-electron chi connectivity index (χ4n) is 2.90. The number of likely N-dealkylation sites (N-methyl/N-ethyl adjacent to an activating group) is 2. The quantitative estimate of drug-likeness (QED) is 0.838. The van der Waals surface area contributed by atoms with Crippen LogP contribution in [0.4, 0.5) is 0 Å². The summed E-state index contributed by atoms with van der Waals surface area (Å²) in [6, 6.07) is 0.257. The fraction of sp³-hybridized carbons (Fsp3) is 0.846. The Kier molecular flexibility index (Phi) is 3.81. The maximum Gasteiger partial charge on any atom is 0.231 e. The molecule has 106 valence electrons. The lowest BCUT2D eigenvalue weighted by atomic mass is 10.00. The molecule has 6 nitrogen and oxygen atoms in total. The van der Waals surface area contributed by atoms with Crippen LogP contribution in [-0.4, -0.2) is 66.8 Å². The van der Waals surface area contributed by atoms with Crippen molar-refractivity contribution in [3.8, 4) is 0 Å². The van der Waals surface area contributed by atoms with E-state index in [0.717, 1.165) is 50.9 Å². The molecule has 2 atom stereocenters. The average molecular weight is 265 g/mol. The zero-order chi connectivity index (χ0) is 13.2. The number of hydrogen-bond acceptors (Lipinski definition) is 6. The van der Waals surface area contributed by atoms with Gasteiger partial charge in [-0.2, -0.15) is 4.98 Å². The van der Waals surface area contributed by atoms with Gasteiger partial charge in [-0.15, -0.1) is 0 Å². The van der Waals surface area contributed by atoms with Gasteiger partial charge in [-0.05, 0) is 33.5 Å². The van der Waals surface area contributed by atoms with Crippen LogP contribution in [0.3, 0.4) is 0 Å². The number of rotatable bonds is 2. The van der Waals surface area contributed by atoms with Gasteiger partial charge in [0.2, 0.25) is 5.89 Å². The fourth-order valence-corrected chi connectivity index (χ4v) is 2.90. The van der Waals surface area contributed by atoms with Crippen molar-refractivity contribution in [3.63, 3.8) is 0 Å². The number of nitrogens with one attached hydrogen (secondary N) is 1. The van der Waals surface area contributed by atoms with E-state index in [9.17, 15) is 0 Å². The van der Waals surface area contributed by atoms with E-state index in [-0.39, 0.29) is 6.04 Å². The molecule has 0 saturated carbocycles. The Morgan fingerprint density at radius 2 is 2.21 bits per heavy atom. The van der Waals surface area contributed by atoms with Crippen LogP contribution in [0.1, 0.15) is 36.5 Å². The number of piperidine rings is 1. The van der Waals surface area contributed by atoms with Gasteiger partial charge in [0.1, 0.15) is 0 Å². The SMILES string of the molecule is CN1CCN(C)C(c2noc([C@@H]3CCCNC3)n2)C1. The third-order valence-corrected chi connectivity index (χ3v) is 4.25. The van der Waals surface area contributed by atoms with Gasteiger partial charge in [0.15, 0.2) is 5.82 Å². The molecule has 2 aliphatic rings. The summed E-state index contributed by atoms with van der Waals surface area (Å²) in [5.41, 5.74) is 0. The monoisotopic (exact) mass is 265 g/mol. The van der Waals surface area contributed by atoms with Crippen molar-refractivity contribution in [2.75, 3.05) is 46.8 Å². The first-order valence-electron chi connectivity index (χ1n) is 7.17. The molecule has 0 aliphatic carbocycles. The lowest BCUT2D eigenvalue weighted by Crippen LogP contribution is -2.45. The molecule has 2 fully saturated rings. The van der Waals surface area contributed by atoms with Crippen molar-refractivity contribution in [1.29, 1.82) is 0 Å². The van der Waals surface area contributed by atoms with Crippen LogP contribution in [0.25, 0.3) is 0 Å². The summed E-state index contributed by atoms with van der Waals surface area (Å²) in [4.78, 5) is 9.29. The Morgan fingerprint density at radius 1 is 1.32 bits per heavy atom. The Bertz CT molecular complexity index is 415. The molecule has 2 saturated heterocycles. The molecular formula is C13H23N5O. The number of aromatic nitrogens is 2. The lowest BCUT2D eigenvalue weighted by Gasteiger charge is -2.35. The molecule has 0 amide bonds. The summed E-state index contributed by atoms with van der Waals surface area (Å²) in [5, 5.41) is 7.61. The smallest absolute Gasteiger partial charge is 0.231 e. The van der Waals surface area contributed by atoms with Crippen LogP contribution < -0.4 is 5.32 Å². The molecule has 2 aliphatic heterocycles. The second kappa shape index (κ2) is 5.56. The molecule has 19 heavy (non-hydrogen) atoms. The summed E-state index contributed by atoms with van der Waals surface area (Å²) in [6.45, 7) is 5.19. The summed E-state index contributed by atoms with van der Waals surface area (Å²) < 4.78 is 5.49. The average Bonchev–Trinajstić information content (AvgIpc) is 2.92. The number of nitrogens with zero attached hydrogens (tertiary/aromatic N) is 4. The molecule has 1 unspecified atom stereocenters. The van der Waals surface area contributed by atoms with Crippen LogP contribution in [0.5, 0.6) is 0 Å². The summed E-state index contributed by atoms with van der Waals surface area (Å²) >= 11 is 0. The van der Waals surface area contributed by atoms with E-state index in [4.69, 9.17) is 4.52 Å². The van der Waals surface area contributed by atoms with E-state index < -0.39 is 0 Å². The largest absolute Gasteiger partial charge is 0.339 e. The van der Waals surface area contributed by atoms with E-state index in [1.165, 1.54) is 6.42 Å².